The van der Waals surface area contributed by atoms with Gasteiger partial charge in [-0.25, -0.2) is 4.79 Å². The molecule has 0 aliphatic rings. The van der Waals surface area contributed by atoms with Crippen molar-refractivity contribution in [3.8, 4) is 0 Å². The number of carbonyl (C=O) groups excluding carboxylic acids is 2. The maximum atomic E-state index is 12.7. The highest BCUT2D eigenvalue weighted by Crippen LogP contribution is 2.12. The van der Waals surface area contributed by atoms with Gasteiger partial charge in [0.15, 0.2) is 12.1 Å². The standard InChI is InChI=1S/C50H83NO7/c1-6-8-10-12-14-16-18-20-22-24-25-27-29-31-33-35-37-39-41-49(53)58-46(44-56-43-42-47(50(54)55)51(3,4)5)45-57-48(52)40-38-36-34-32-30-28-26-23-21-19-17-15-13-11-9-7-2/h9,11,15,17-18,20-25,27-28,30,46-47H,6-8,10,12-14,16,19,26,29,31-45H2,1-5H3/p+1/b11-9+,17-15+,20-18+,23-21+,24-22+,27-25+,30-28+. The summed E-state index contributed by atoms with van der Waals surface area (Å²) in [5.41, 5.74) is 0. The molecule has 0 heterocycles. The van der Waals surface area contributed by atoms with Crippen LogP contribution in [0.5, 0.6) is 0 Å². The number of hydrogen-bond donors (Lipinski definition) is 1. The van der Waals surface area contributed by atoms with Crippen LogP contribution >= 0.6 is 0 Å². The van der Waals surface area contributed by atoms with Crippen molar-refractivity contribution in [2.24, 2.45) is 0 Å². The second kappa shape index (κ2) is 40.3. The first-order valence-electron chi connectivity index (χ1n) is 22.7. The Bertz CT molecular complexity index is 1220. The normalized spacial score (nSPS) is 13.7. The topological polar surface area (TPSA) is 99.1 Å². The largest absolute Gasteiger partial charge is 0.477 e. The van der Waals surface area contributed by atoms with Crippen LogP contribution < -0.4 is 0 Å². The third-order valence-electron chi connectivity index (χ3n) is 9.59. The first-order chi connectivity index (χ1) is 28.1. The van der Waals surface area contributed by atoms with Crippen LogP contribution in [0.1, 0.15) is 162 Å². The van der Waals surface area contributed by atoms with E-state index in [1.807, 2.05) is 21.1 Å². The van der Waals surface area contributed by atoms with E-state index in [-0.39, 0.29) is 36.2 Å². The van der Waals surface area contributed by atoms with Crippen molar-refractivity contribution < 1.29 is 38.2 Å². The zero-order valence-corrected chi connectivity index (χ0v) is 37.5. The van der Waals surface area contributed by atoms with Gasteiger partial charge in [-0.3, -0.25) is 9.59 Å². The van der Waals surface area contributed by atoms with Gasteiger partial charge in [-0.15, -0.1) is 0 Å². The Labute approximate surface area is 354 Å². The summed E-state index contributed by atoms with van der Waals surface area (Å²) in [4.78, 5) is 37.0. The molecule has 0 radical (unpaired) electrons. The summed E-state index contributed by atoms with van der Waals surface area (Å²) >= 11 is 0. The summed E-state index contributed by atoms with van der Waals surface area (Å²) in [6.45, 7) is 4.53. The number of aliphatic carboxylic acids is 1. The van der Waals surface area contributed by atoms with E-state index in [0.717, 1.165) is 96.3 Å². The summed E-state index contributed by atoms with van der Waals surface area (Å²) < 4.78 is 17.2. The lowest BCUT2D eigenvalue weighted by molar-refractivity contribution is -0.887. The summed E-state index contributed by atoms with van der Waals surface area (Å²) in [5.74, 6) is -1.54. The third-order valence-corrected chi connectivity index (χ3v) is 9.59. The van der Waals surface area contributed by atoms with E-state index in [2.05, 4.69) is 98.9 Å². The molecule has 2 atom stereocenters. The van der Waals surface area contributed by atoms with Crippen LogP contribution in [-0.2, 0) is 28.6 Å². The number of carboxylic acids is 1. The van der Waals surface area contributed by atoms with Crippen molar-refractivity contribution in [1.82, 2.24) is 0 Å². The maximum absolute atomic E-state index is 12.7. The van der Waals surface area contributed by atoms with E-state index in [1.165, 1.54) is 32.1 Å². The number of quaternary nitrogens is 1. The van der Waals surface area contributed by atoms with Gasteiger partial charge in [0.2, 0.25) is 0 Å². The van der Waals surface area contributed by atoms with Gasteiger partial charge in [-0.2, -0.15) is 0 Å². The van der Waals surface area contributed by atoms with Crippen molar-refractivity contribution in [3.05, 3.63) is 85.1 Å². The number of nitrogens with zero attached hydrogens (tertiary/aromatic N) is 1. The molecular weight excluding hydrogens is 727 g/mol. The predicted octanol–water partition coefficient (Wildman–Crippen LogP) is 12.5. The molecule has 0 aliphatic heterocycles. The van der Waals surface area contributed by atoms with E-state index in [0.29, 0.717) is 19.3 Å². The molecule has 0 bridgehead atoms. The van der Waals surface area contributed by atoms with Crippen LogP contribution in [-0.4, -0.2) is 80.6 Å². The average molecular weight is 811 g/mol. The fourth-order valence-electron chi connectivity index (χ4n) is 6.08. The number of carboxylic acid groups (broad SMARTS) is 1. The summed E-state index contributed by atoms with van der Waals surface area (Å²) in [5, 5.41) is 9.62. The lowest BCUT2D eigenvalue weighted by atomic mass is 10.1. The summed E-state index contributed by atoms with van der Waals surface area (Å²) in [7, 11) is 5.50. The van der Waals surface area contributed by atoms with Crippen LogP contribution in [0.3, 0.4) is 0 Å². The molecule has 1 N–H and O–H groups in total. The molecule has 0 amide bonds. The molecule has 2 unspecified atom stereocenters. The van der Waals surface area contributed by atoms with Crippen LogP contribution in [0.15, 0.2) is 85.1 Å². The number of hydrogen-bond acceptors (Lipinski definition) is 6. The second-order valence-corrected chi connectivity index (χ2v) is 16.0. The highest BCUT2D eigenvalue weighted by atomic mass is 16.6. The fourth-order valence-corrected chi connectivity index (χ4v) is 6.08. The van der Waals surface area contributed by atoms with E-state index in [4.69, 9.17) is 14.2 Å². The fraction of sp³-hybridized carbons (Fsp3) is 0.660. The third kappa shape index (κ3) is 38.1. The van der Waals surface area contributed by atoms with Crippen molar-refractivity contribution in [3.63, 3.8) is 0 Å². The molecule has 0 fully saturated rings. The van der Waals surface area contributed by atoms with Gasteiger partial charge < -0.3 is 23.8 Å². The van der Waals surface area contributed by atoms with Crippen LogP contribution in [0.4, 0.5) is 0 Å². The number of ether oxygens (including phenoxy) is 3. The van der Waals surface area contributed by atoms with Gasteiger partial charge in [0.1, 0.15) is 6.61 Å². The average Bonchev–Trinajstić information content (AvgIpc) is 3.18. The minimum atomic E-state index is -0.887. The van der Waals surface area contributed by atoms with E-state index in [1.54, 1.807) is 0 Å². The number of esters is 2. The van der Waals surface area contributed by atoms with Gasteiger partial charge in [-0.05, 0) is 77.0 Å². The Morgan fingerprint density at radius 2 is 1.03 bits per heavy atom. The molecule has 0 aromatic heterocycles. The minimum absolute atomic E-state index is 0.0372. The van der Waals surface area contributed by atoms with Crippen LogP contribution in [0.2, 0.25) is 0 Å². The van der Waals surface area contributed by atoms with Crippen molar-refractivity contribution in [2.75, 3.05) is 41.0 Å². The van der Waals surface area contributed by atoms with E-state index >= 15 is 0 Å². The molecule has 0 aromatic carbocycles. The quantitative estimate of drug-likeness (QED) is 0.0217. The first-order valence-corrected chi connectivity index (χ1v) is 22.7. The Morgan fingerprint density at radius 3 is 1.59 bits per heavy atom. The number of unbranched alkanes of at least 4 members (excludes halogenated alkanes) is 13. The highest BCUT2D eigenvalue weighted by Gasteiger charge is 2.31. The number of likely N-dealkylation sites (N-methyl/N-ethyl adjacent to an activating group) is 1. The van der Waals surface area contributed by atoms with E-state index in [9.17, 15) is 19.5 Å². The maximum Gasteiger partial charge on any atom is 0.362 e. The molecule has 0 rings (SSSR count). The van der Waals surface area contributed by atoms with E-state index < -0.39 is 18.1 Å². The summed E-state index contributed by atoms with van der Waals surface area (Å²) in [6.07, 6.45) is 51.9. The van der Waals surface area contributed by atoms with Gasteiger partial charge >= 0.3 is 17.9 Å². The van der Waals surface area contributed by atoms with Crippen LogP contribution in [0.25, 0.3) is 0 Å². The molecule has 0 aromatic rings. The lowest BCUT2D eigenvalue weighted by Gasteiger charge is -2.31. The second-order valence-electron chi connectivity index (χ2n) is 16.0. The molecule has 58 heavy (non-hydrogen) atoms. The minimum Gasteiger partial charge on any atom is -0.477 e. The molecule has 0 aliphatic carbocycles. The van der Waals surface area contributed by atoms with Crippen molar-refractivity contribution in [2.45, 2.75) is 174 Å². The van der Waals surface area contributed by atoms with Gasteiger partial charge in [0.25, 0.3) is 0 Å². The van der Waals surface area contributed by atoms with Gasteiger partial charge in [0, 0.05) is 19.3 Å². The number of rotatable bonds is 39. The van der Waals surface area contributed by atoms with Crippen LogP contribution in [0, 0.1) is 0 Å². The SMILES string of the molecule is CC/C=C/C/C=C/C/C=C/C/C=C/CCCCCC(=O)OCC(COCCC(C(=O)O)[N+](C)(C)C)OC(=O)CCCCCCC/C=C/C=C/C=C/CCCCCCC. The van der Waals surface area contributed by atoms with Gasteiger partial charge in [0.05, 0.1) is 34.4 Å². The Hall–Kier alpha value is -3.49. The Morgan fingerprint density at radius 1 is 0.552 bits per heavy atom. The molecule has 8 heteroatoms. The zero-order valence-electron chi connectivity index (χ0n) is 37.5. The first kappa shape index (κ1) is 54.5. The highest BCUT2D eigenvalue weighted by molar-refractivity contribution is 5.72. The van der Waals surface area contributed by atoms with Crippen molar-refractivity contribution >= 4 is 17.9 Å². The molecule has 0 spiro atoms. The number of carbonyl (C=O) groups is 3. The van der Waals surface area contributed by atoms with Crippen molar-refractivity contribution in [1.29, 1.82) is 0 Å². The Balaban J connectivity index is 4.45. The van der Waals surface area contributed by atoms with Gasteiger partial charge in [-0.1, -0.05) is 150 Å². The lowest BCUT2D eigenvalue weighted by Crippen LogP contribution is -2.50. The number of allylic oxidation sites excluding steroid dienone is 14. The molecule has 0 saturated heterocycles. The predicted molar refractivity (Wildman–Crippen MR) is 243 cm³/mol. The Kier molecular flexibility index (Phi) is 37.9. The molecular formula is C50H84NO7+. The summed E-state index contributed by atoms with van der Waals surface area (Å²) in [6, 6.07) is -0.628. The molecule has 0 saturated carbocycles. The zero-order chi connectivity index (χ0) is 42.8. The smallest absolute Gasteiger partial charge is 0.362 e. The monoisotopic (exact) mass is 811 g/mol. The molecule has 330 valence electrons. The molecule has 8 nitrogen and oxygen atoms in total.